The van der Waals surface area contributed by atoms with Crippen LogP contribution < -0.4 is 20.6 Å². The van der Waals surface area contributed by atoms with Crippen molar-refractivity contribution in [2.75, 3.05) is 6.26 Å². The van der Waals surface area contributed by atoms with E-state index in [1.165, 1.54) is 11.8 Å². The summed E-state index contributed by atoms with van der Waals surface area (Å²) < 4.78 is 5.24. The zero-order valence-corrected chi connectivity index (χ0v) is 16.2. The third-order valence-electron chi connectivity index (χ3n) is 4.41. The van der Waals surface area contributed by atoms with E-state index in [4.69, 9.17) is 9.73 Å². The van der Waals surface area contributed by atoms with E-state index < -0.39 is 6.17 Å². The molecule has 0 saturated carbocycles. The van der Waals surface area contributed by atoms with E-state index in [9.17, 15) is 9.59 Å². The number of amides is 1. The van der Waals surface area contributed by atoms with Crippen LogP contribution in [0.15, 0.2) is 58.6 Å². The second kappa shape index (κ2) is 7.47. The lowest BCUT2D eigenvalue weighted by Gasteiger charge is -2.33. The van der Waals surface area contributed by atoms with Crippen LogP contribution in [0.4, 0.5) is 0 Å². The van der Waals surface area contributed by atoms with Gasteiger partial charge in [-0.3, -0.25) is 19.9 Å². The Morgan fingerprint density at radius 2 is 1.96 bits per heavy atom. The molecule has 0 spiro atoms. The van der Waals surface area contributed by atoms with Gasteiger partial charge in [-0.2, -0.15) is 0 Å². The summed E-state index contributed by atoms with van der Waals surface area (Å²) in [6.07, 6.45) is 1.67. The van der Waals surface area contributed by atoms with Crippen LogP contribution in [0.25, 0.3) is 5.70 Å². The second-order valence-electron chi connectivity index (χ2n) is 6.17. The smallest absolute Gasteiger partial charge is 0.310 e. The molecule has 0 radical (unpaired) electrons. The SMILES string of the molecule is CCC(=O)Oc1ccc([C@@H]2N=c3ccccc3=C3C(=O)NC(SC)=NN32)cc1. The molecule has 0 aliphatic carbocycles. The Labute approximate surface area is 165 Å². The number of hydrogen-bond acceptors (Lipinski definition) is 7. The molecule has 0 bridgehead atoms. The van der Waals surface area contributed by atoms with Crippen LogP contribution in [0.2, 0.25) is 0 Å². The molecular formula is C20H18N4O3S. The largest absolute Gasteiger partial charge is 0.427 e. The maximum absolute atomic E-state index is 12.8. The van der Waals surface area contributed by atoms with E-state index in [2.05, 4.69) is 10.4 Å². The van der Waals surface area contributed by atoms with Crippen molar-refractivity contribution in [2.45, 2.75) is 19.5 Å². The predicted molar refractivity (Wildman–Crippen MR) is 107 cm³/mol. The highest BCUT2D eigenvalue weighted by Crippen LogP contribution is 2.31. The van der Waals surface area contributed by atoms with Crippen LogP contribution >= 0.6 is 11.8 Å². The number of benzene rings is 2. The molecular weight excluding hydrogens is 376 g/mol. The first-order chi connectivity index (χ1) is 13.6. The van der Waals surface area contributed by atoms with E-state index in [0.717, 1.165) is 16.1 Å². The molecule has 28 heavy (non-hydrogen) atoms. The highest BCUT2D eigenvalue weighted by molar-refractivity contribution is 8.13. The first kappa shape index (κ1) is 18.2. The Balaban J connectivity index is 1.80. The van der Waals surface area contributed by atoms with Crippen LogP contribution in [0.3, 0.4) is 0 Å². The summed E-state index contributed by atoms with van der Waals surface area (Å²) in [7, 11) is 0. The molecule has 7 nitrogen and oxygen atoms in total. The summed E-state index contributed by atoms with van der Waals surface area (Å²) in [5.41, 5.74) is 1.30. The van der Waals surface area contributed by atoms with E-state index in [1.54, 1.807) is 24.1 Å². The molecule has 142 valence electrons. The van der Waals surface area contributed by atoms with Gasteiger partial charge in [0.15, 0.2) is 11.3 Å². The zero-order valence-electron chi connectivity index (χ0n) is 15.4. The number of nitrogens with zero attached hydrogens (tertiary/aromatic N) is 3. The van der Waals surface area contributed by atoms with Crippen molar-refractivity contribution in [3.8, 4) is 5.75 Å². The summed E-state index contributed by atoms with van der Waals surface area (Å²) in [4.78, 5) is 29.1. The average molecular weight is 394 g/mol. The van der Waals surface area contributed by atoms with E-state index in [-0.39, 0.29) is 11.9 Å². The van der Waals surface area contributed by atoms with Gasteiger partial charge in [0.05, 0.1) is 5.36 Å². The Morgan fingerprint density at radius 3 is 2.68 bits per heavy atom. The summed E-state index contributed by atoms with van der Waals surface area (Å²) in [5, 5.41) is 11.0. The quantitative estimate of drug-likeness (QED) is 0.630. The number of para-hydroxylation sites is 1. The summed E-state index contributed by atoms with van der Waals surface area (Å²) in [6.45, 7) is 1.75. The van der Waals surface area contributed by atoms with E-state index in [1.807, 2.05) is 42.7 Å². The van der Waals surface area contributed by atoms with Crippen molar-refractivity contribution in [3.05, 3.63) is 64.7 Å². The molecule has 0 aromatic heterocycles. The number of fused-ring (bicyclic) bond motifs is 2. The summed E-state index contributed by atoms with van der Waals surface area (Å²) in [6, 6.07) is 14.6. The maximum atomic E-state index is 12.8. The lowest BCUT2D eigenvalue weighted by Crippen LogP contribution is -2.50. The van der Waals surface area contributed by atoms with Gasteiger partial charge in [0.2, 0.25) is 0 Å². The fourth-order valence-electron chi connectivity index (χ4n) is 3.05. The molecule has 0 fully saturated rings. The molecule has 1 atom stereocenters. The number of nitrogens with one attached hydrogen (secondary N) is 1. The molecule has 2 aliphatic heterocycles. The first-order valence-corrected chi connectivity index (χ1v) is 10.0. The topological polar surface area (TPSA) is 83.4 Å². The molecule has 4 rings (SSSR count). The normalized spacial score (nSPS) is 17.7. The van der Waals surface area contributed by atoms with Gasteiger partial charge in [-0.15, -0.1) is 5.10 Å². The molecule has 1 N–H and O–H groups in total. The number of hydrogen-bond donors (Lipinski definition) is 1. The first-order valence-electron chi connectivity index (χ1n) is 8.81. The summed E-state index contributed by atoms with van der Waals surface area (Å²) in [5.74, 6) is -0.0255. The van der Waals surface area contributed by atoms with Gasteiger partial charge >= 0.3 is 5.97 Å². The minimum Gasteiger partial charge on any atom is -0.427 e. The van der Waals surface area contributed by atoms with Crippen molar-refractivity contribution in [1.29, 1.82) is 0 Å². The van der Waals surface area contributed by atoms with Crippen molar-refractivity contribution in [3.63, 3.8) is 0 Å². The third-order valence-corrected chi connectivity index (χ3v) is 4.98. The number of thioether (sulfide) groups is 1. The van der Waals surface area contributed by atoms with Gasteiger partial charge in [-0.25, -0.2) is 5.01 Å². The van der Waals surface area contributed by atoms with Crippen LogP contribution in [0.1, 0.15) is 25.1 Å². The molecule has 1 amide bonds. The summed E-state index contributed by atoms with van der Waals surface area (Å²) >= 11 is 1.36. The maximum Gasteiger partial charge on any atom is 0.310 e. The van der Waals surface area contributed by atoms with Gasteiger partial charge < -0.3 is 4.74 Å². The van der Waals surface area contributed by atoms with E-state index >= 15 is 0 Å². The van der Waals surface area contributed by atoms with Crippen LogP contribution in [-0.4, -0.2) is 28.3 Å². The Hall–Kier alpha value is -3.13. The van der Waals surface area contributed by atoms with Gasteiger partial charge in [-0.1, -0.05) is 49.0 Å². The van der Waals surface area contributed by atoms with E-state index in [0.29, 0.717) is 23.0 Å². The number of carbonyl (C=O) groups is 2. The van der Waals surface area contributed by atoms with Crippen LogP contribution in [-0.2, 0) is 9.59 Å². The number of ether oxygens (including phenoxy) is 1. The van der Waals surface area contributed by atoms with Crippen molar-refractivity contribution < 1.29 is 14.3 Å². The number of carbonyl (C=O) groups excluding carboxylic acids is 2. The number of hydrazone groups is 1. The fraction of sp³-hybridized carbons (Fsp3) is 0.200. The lowest BCUT2D eigenvalue weighted by molar-refractivity contribution is -0.134. The van der Waals surface area contributed by atoms with Crippen LogP contribution in [0, 0.1) is 0 Å². The lowest BCUT2D eigenvalue weighted by atomic mass is 10.1. The minimum absolute atomic E-state index is 0.208. The third kappa shape index (κ3) is 3.27. The number of esters is 1. The Morgan fingerprint density at radius 1 is 1.21 bits per heavy atom. The highest BCUT2D eigenvalue weighted by atomic mass is 32.2. The van der Waals surface area contributed by atoms with Gasteiger partial charge in [0, 0.05) is 11.6 Å². The number of amidine groups is 1. The zero-order chi connectivity index (χ0) is 19.7. The molecule has 0 unspecified atom stereocenters. The molecule has 2 aromatic carbocycles. The Bertz CT molecular complexity index is 1100. The standard InChI is InChI=1S/C20H18N4O3S/c1-3-16(25)27-13-10-8-12(9-11-13)18-21-15-7-5-4-6-14(15)17-19(26)22-20(28-2)23-24(17)18/h4-11,18H,3H2,1-2H3,(H,22,23,26)/t18-/m1/s1. The van der Waals surface area contributed by atoms with Crippen molar-refractivity contribution in [1.82, 2.24) is 10.3 Å². The molecule has 2 heterocycles. The second-order valence-corrected chi connectivity index (χ2v) is 6.97. The van der Waals surface area contributed by atoms with Gasteiger partial charge in [-0.05, 0) is 30.0 Å². The molecule has 2 aliphatic rings. The number of rotatable bonds is 3. The molecule has 8 heteroatoms. The van der Waals surface area contributed by atoms with Crippen molar-refractivity contribution in [2.24, 2.45) is 10.1 Å². The highest BCUT2D eigenvalue weighted by Gasteiger charge is 2.34. The Kier molecular flexibility index (Phi) is 4.87. The fourth-order valence-corrected chi connectivity index (χ4v) is 3.41. The van der Waals surface area contributed by atoms with Gasteiger partial charge in [0.25, 0.3) is 5.91 Å². The molecule has 2 aromatic rings. The monoisotopic (exact) mass is 394 g/mol. The minimum atomic E-state index is -0.492. The van der Waals surface area contributed by atoms with Crippen molar-refractivity contribution >= 4 is 34.5 Å². The predicted octanol–water partition coefficient (Wildman–Crippen LogP) is 1.51. The van der Waals surface area contributed by atoms with Crippen LogP contribution in [0.5, 0.6) is 5.75 Å². The van der Waals surface area contributed by atoms with Gasteiger partial charge in [0.1, 0.15) is 11.4 Å². The average Bonchev–Trinajstić information content (AvgIpc) is 2.73. The molecule has 0 saturated heterocycles.